The molecule has 224 valence electrons. The Morgan fingerprint density at radius 2 is 1.17 bits per heavy atom. The molecule has 0 unspecified atom stereocenters. The second-order valence-corrected chi connectivity index (χ2v) is 13.9. The van der Waals surface area contributed by atoms with Crippen molar-refractivity contribution in [2.75, 3.05) is 9.80 Å². The zero-order chi connectivity index (χ0) is 31.4. The highest BCUT2D eigenvalue weighted by Gasteiger charge is 2.43. The van der Waals surface area contributed by atoms with E-state index in [-0.39, 0.29) is 10.8 Å². The highest BCUT2D eigenvalue weighted by atomic mass is 16.5. The van der Waals surface area contributed by atoms with E-state index in [2.05, 4.69) is 172 Å². The van der Waals surface area contributed by atoms with Crippen LogP contribution in [0.3, 0.4) is 0 Å². The summed E-state index contributed by atoms with van der Waals surface area (Å²) in [5.41, 5.74) is 15.6. The van der Waals surface area contributed by atoms with Gasteiger partial charge in [-0.1, -0.05) is 107 Å². The van der Waals surface area contributed by atoms with Gasteiger partial charge in [0.2, 0.25) is 0 Å². The Labute approximate surface area is 271 Å². The lowest BCUT2D eigenvalue weighted by Crippen LogP contribution is -2.33. The van der Waals surface area contributed by atoms with Gasteiger partial charge in [-0.05, 0) is 88.3 Å². The first kappa shape index (κ1) is 27.1. The van der Waals surface area contributed by atoms with Crippen molar-refractivity contribution < 1.29 is 4.74 Å². The number of hydrogen-bond donors (Lipinski definition) is 0. The smallest absolute Gasteiger partial charge is 0.153 e. The van der Waals surface area contributed by atoms with Crippen molar-refractivity contribution in [3.8, 4) is 22.6 Å². The molecular formula is C43H36N2O. The molecule has 3 heteroatoms. The molecule has 0 saturated heterocycles. The molecule has 0 fully saturated rings. The first-order valence-corrected chi connectivity index (χ1v) is 16.2. The van der Waals surface area contributed by atoms with Gasteiger partial charge >= 0.3 is 0 Å². The molecule has 9 rings (SSSR count). The average molecular weight is 597 g/mol. The molecule has 6 aromatic carbocycles. The van der Waals surface area contributed by atoms with Crippen molar-refractivity contribution in [3.05, 3.63) is 155 Å². The largest absolute Gasteiger partial charge is 0.453 e. The number of nitrogens with zero attached hydrogens (tertiary/aromatic N) is 2. The minimum atomic E-state index is -0.249. The molecule has 0 amide bonds. The van der Waals surface area contributed by atoms with Crippen LogP contribution in [-0.4, -0.2) is 0 Å². The summed E-state index contributed by atoms with van der Waals surface area (Å²) in [5.74, 6) is 1.76. The first-order valence-electron chi connectivity index (χ1n) is 16.2. The molecule has 1 aliphatic carbocycles. The molecule has 2 heterocycles. The van der Waals surface area contributed by atoms with Crippen LogP contribution in [0.25, 0.3) is 11.1 Å². The van der Waals surface area contributed by atoms with Crippen LogP contribution in [-0.2, 0) is 10.8 Å². The monoisotopic (exact) mass is 596 g/mol. The van der Waals surface area contributed by atoms with E-state index in [0.717, 1.165) is 39.9 Å². The summed E-state index contributed by atoms with van der Waals surface area (Å²) in [7, 11) is 0. The van der Waals surface area contributed by atoms with E-state index in [9.17, 15) is 0 Å². The zero-order valence-electron chi connectivity index (χ0n) is 26.9. The lowest BCUT2D eigenvalue weighted by molar-refractivity contribution is 0.471. The molecule has 0 atom stereocenters. The van der Waals surface area contributed by atoms with Gasteiger partial charge in [0.05, 0.1) is 22.7 Å². The number of fused-ring (bicyclic) bond motifs is 7. The number of benzene rings is 6. The zero-order valence-corrected chi connectivity index (χ0v) is 26.9. The molecular weight excluding hydrogens is 560 g/mol. The van der Waals surface area contributed by atoms with E-state index in [1.165, 1.54) is 44.6 Å². The van der Waals surface area contributed by atoms with Crippen LogP contribution in [0.5, 0.6) is 11.5 Å². The second-order valence-electron chi connectivity index (χ2n) is 13.9. The summed E-state index contributed by atoms with van der Waals surface area (Å²) in [6.07, 6.45) is 0. The predicted octanol–water partition coefficient (Wildman–Crippen LogP) is 12.0. The van der Waals surface area contributed by atoms with Gasteiger partial charge in [-0.3, -0.25) is 0 Å². The Balaban J connectivity index is 1.29. The van der Waals surface area contributed by atoms with Crippen LogP contribution in [0.15, 0.2) is 127 Å². The highest BCUT2D eigenvalue weighted by Crippen LogP contribution is 2.62. The molecule has 0 N–H and O–H groups in total. The van der Waals surface area contributed by atoms with Gasteiger partial charge in [0.1, 0.15) is 0 Å². The average Bonchev–Trinajstić information content (AvgIpc) is 3.29. The molecule has 6 aromatic rings. The molecule has 3 nitrogen and oxygen atoms in total. The van der Waals surface area contributed by atoms with Gasteiger partial charge in [0.15, 0.2) is 11.5 Å². The Hall–Kier alpha value is -5.28. The summed E-state index contributed by atoms with van der Waals surface area (Å²) >= 11 is 0. The summed E-state index contributed by atoms with van der Waals surface area (Å²) in [6, 6.07) is 46.4. The summed E-state index contributed by atoms with van der Waals surface area (Å²) in [4.78, 5) is 4.83. The second kappa shape index (κ2) is 9.37. The molecule has 2 aliphatic heterocycles. The van der Waals surface area contributed by atoms with Crippen molar-refractivity contribution in [3.63, 3.8) is 0 Å². The number of aryl methyl sites for hydroxylation is 1. The fourth-order valence-corrected chi connectivity index (χ4v) is 8.18. The lowest BCUT2D eigenvalue weighted by Gasteiger charge is -2.46. The van der Waals surface area contributed by atoms with Gasteiger partial charge in [-0.2, -0.15) is 0 Å². The third-order valence-corrected chi connectivity index (χ3v) is 10.5. The lowest BCUT2D eigenvalue weighted by atomic mass is 9.73. The topological polar surface area (TPSA) is 15.7 Å². The Morgan fingerprint density at radius 1 is 0.500 bits per heavy atom. The number of rotatable bonds is 3. The summed E-state index contributed by atoms with van der Waals surface area (Å²) < 4.78 is 6.86. The molecule has 0 aromatic heterocycles. The van der Waals surface area contributed by atoms with Crippen molar-refractivity contribution in [1.29, 1.82) is 0 Å². The van der Waals surface area contributed by atoms with Crippen LogP contribution in [0, 0.1) is 6.92 Å². The van der Waals surface area contributed by atoms with Gasteiger partial charge in [0.25, 0.3) is 0 Å². The third-order valence-electron chi connectivity index (χ3n) is 10.5. The molecule has 0 spiro atoms. The molecule has 0 radical (unpaired) electrons. The number of ether oxygens (including phenoxy) is 1. The van der Waals surface area contributed by atoms with E-state index >= 15 is 0 Å². The minimum absolute atomic E-state index is 0.0942. The normalized spacial score (nSPS) is 15.5. The molecule has 0 saturated carbocycles. The fourth-order valence-electron chi connectivity index (χ4n) is 8.18. The van der Waals surface area contributed by atoms with Crippen molar-refractivity contribution in [1.82, 2.24) is 0 Å². The van der Waals surface area contributed by atoms with E-state index in [1.807, 2.05) is 0 Å². The maximum atomic E-state index is 6.86. The standard InChI is InChI=1S/C43H36N2O/c1-27-14-13-21-38-40(27)45-37-20-12-11-19-34(37)43(4,5)36-25-30(26-39(46-38)41(36)45)44(28-15-7-6-8-16-28)29-22-23-32-31-17-9-10-18-33(31)42(2,3)35(32)24-29/h6-26H,1-5H3. The van der Waals surface area contributed by atoms with E-state index < -0.39 is 0 Å². The number of hydrogen-bond acceptors (Lipinski definition) is 3. The number of para-hydroxylation sites is 3. The van der Waals surface area contributed by atoms with Crippen LogP contribution in [0.4, 0.5) is 34.1 Å². The van der Waals surface area contributed by atoms with Crippen LogP contribution < -0.4 is 14.5 Å². The maximum absolute atomic E-state index is 6.86. The maximum Gasteiger partial charge on any atom is 0.153 e. The summed E-state index contributed by atoms with van der Waals surface area (Å²) in [6.45, 7) is 11.6. The van der Waals surface area contributed by atoms with E-state index in [4.69, 9.17) is 4.74 Å². The highest BCUT2D eigenvalue weighted by molar-refractivity contribution is 5.96. The van der Waals surface area contributed by atoms with E-state index in [0.29, 0.717) is 0 Å². The van der Waals surface area contributed by atoms with Gasteiger partial charge in [0, 0.05) is 28.3 Å². The fraction of sp³-hybridized carbons (Fsp3) is 0.163. The van der Waals surface area contributed by atoms with Gasteiger partial charge < -0.3 is 14.5 Å². The quantitative estimate of drug-likeness (QED) is 0.202. The van der Waals surface area contributed by atoms with Crippen molar-refractivity contribution in [2.45, 2.75) is 45.4 Å². The van der Waals surface area contributed by atoms with E-state index in [1.54, 1.807) is 0 Å². The van der Waals surface area contributed by atoms with Crippen molar-refractivity contribution >= 4 is 34.1 Å². The van der Waals surface area contributed by atoms with Crippen LogP contribution in [0.1, 0.15) is 55.5 Å². The minimum Gasteiger partial charge on any atom is -0.453 e. The van der Waals surface area contributed by atoms with Gasteiger partial charge in [-0.15, -0.1) is 0 Å². The Bertz CT molecular complexity index is 2210. The van der Waals surface area contributed by atoms with Gasteiger partial charge in [-0.25, -0.2) is 0 Å². The predicted molar refractivity (Wildman–Crippen MR) is 190 cm³/mol. The molecule has 3 aliphatic rings. The first-order chi connectivity index (χ1) is 22.2. The van der Waals surface area contributed by atoms with Crippen molar-refractivity contribution in [2.24, 2.45) is 0 Å². The molecule has 0 bridgehead atoms. The SMILES string of the molecule is Cc1cccc2c1N1c3ccccc3C(C)(C)c3cc(N(c4ccccc4)c4ccc5c(c4)C(C)(C)c4ccccc4-5)cc(c31)O2. The number of anilines is 6. The molecule has 46 heavy (non-hydrogen) atoms. The Kier molecular flexibility index (Phi) is 5.51. The third kappa shape index (κ3) is 3.60. The Morgan fingerprint density at radius 3 is 2.00 bits per heavy atom. The van der Waals surface area contributed by atoms with Crippen LogP contribution >= 0.6 is 0 Å². The van der Waals surface area contributed by atoms with Crippen LogP contribution in [0.2, 0.25) is 0 Å². The summed E-state index contributed by atoms with van der Waals surface area (Å²) in [5, 5.41) is 0.